The summed E-state index contributed by atoms with van der Waals surface area (Å²) in [7, 11) is -3.84. The second-order valence-electron chi connectivity index (χ2n) is 7.49. The van der Waals surface area contributed by atoms with Crippen LogP contribution in [-0.4, -0.2) is 30.8 Å². The Morgan fingerprint density at radius 2 is 1.77 bits per heavy atom. The van der Waals surface area contributed by atoms with Crippen molar-refractivity contribution in [1.29, 1.82) is 0 Å². The first kappa shape index (κ1) is 23.7. The molecular weight excluding hydrogens is 470 g/mol. The van der Waals surface area contributed by atoms with E-state index >= 15 is 0 Å². The number of nitrogens with one attached hydrogen (secondary N) is 1. The second-order valence-corrected chi connectivity index (χ2v) is 9.06. The van der Waals surface area contributed by atoms with E-state index in [9.17, 15) is 18.0 Å². The summed E-state index contributed by atoms with van der Waals surface area (Å²) in [5.74, 6) is 0.519. The number of ether oxygens (including phenoxy) is 1. The third kappa shape index (κ3) is 5.08. The Labute approximate surface area is 200 Å². The molecular formula is C25H21N3O6S. The molecule has 4 rings (SSSR count). The first-order valence-electron chi connectivity index (χ1n) is 10.3. The number of furan rings is 1. The van der Waals surface area contributed by atoms with E-state index in [4.69, 9.17) is 14.3 Å². The smallest absolute Gasteiger partial charge is 0.338 e. The number of H-pyrrole nitrogens is 1. The highest BCUT2D eigenvalue weighted by Crippen LogP contribution is 2.23. The van der Waals surface area contributed by atoms with Crippen LogP contribution in [0.4, 0.5) is 0 Å². The molecule has 0 spiro atoms. The Kier molecular flexibility index (Phi) is 6.41. The van der Waals surface area contributed by atoms with Gasteiger partial charge in [0.2, 0.25) is 10.0 Å². The van der Waals surface area contributed by atoms with Crippen LogP contribution in [0, 0.1) is 0 Å². The van der Waals surface area contributed by atoms with Gasteiger partial charge >= 0.3 is 5.97 Å². The summed E-state index contributed by atoms with van der Waals surface area (Å²) in [6.45, 7) is 7.52. The van der Waals surface area contributed by atoms with Gasteiger partial charge in [0.1, 0.15) is 18.1 Å². The lowest BCUT2D eigenvalue weighted by Crippen LogP contribution is -2.33. The van der Waals surface area contributed by atoms with E-state index in [0.717, 1.165) is 5.56 Å². The zero-order chi connectivity index (χ0) is 25.2. The molecule has 0 fully saturated rings. The fourth-order valence-corrected chi connectivity index (χ4v) is 3.84. The van der Waals surface area contributed by atoms with Gasteiger partial charge in [-0.3, -0.25) is 9.89 Å². The molecule has 0 radical (unpaired) electrons. The van der Waals surface area contributed by atoms with Crippen molar-refractivity contribution < 1.29 is 22.4 Å². The van der Waals surface area contributed by atoms with E-state index in [1.807, 2.05) is 0 Å². The Hall–Kier alpha value is -4.41. The van der Waals surface area contributed by atoms with Crippen LogP contribution >= 0.6 is 0 Å². The van der Waals surface area contributed by atoms with Gasteiger partial charge in [0.05, 0.1) is 26.7 Å². The van der Waals surface area contributed by atoms with Gasteiger partial charge in [-0.25, -0.2) is 23.0 Å². The van der Waals surface area contributed by atoms with Crippen molar-refractivity contribution in [2.75, 3.05) is 6.61 Å². The van der Waals surface area contributed by atoms with E-state index in [-0.39, 0.29) is 16.7 Å². The standard InChI is InChI=1S/C25H21N3O6S/c1-3-14-33-25(30)18-6-4-17(5-7-18)23-13-10-20(34-23)15-22-16(2)27-28(24(22)29)19-8-11-21(12-9-19)35(26,31)32/h3-13,15,27H,1-2,14H2,(H2,26,31,32)/b22-15-. The van der Waals surface area contributed by atoms with Gasteiger partial charge in [0, 0.05) is 5.56 Å². The fraction of sp³-hybridized carbons (Fsp3) is 0.0400. The largest absolute Gasteiger partial charge is 0.458 e. The summed E-state index contributed by atoms with van der Waals surface area (Å²) in [5, 5.41) is 8.62. The zero-order valence-corrected chi connectivity index (χ0v) is 19.2. The predicted octanol–water partition coefficient (Wildman–Crippen LogP) is 1.65. The van der Waals surface area contributed by atoms with E-state index in [2.05, 4.69) is 18.3 Å². The van der Waals surface area contributed by atoms with Crippen molar-refractivity contribution in [2.45, 2.75) is 4.90 Å². The molecule has 35 heavy (non-hydrogen) atoms. The normalized spacial score (nSPS) is 12.0. The van der Waals surface area contributed by atoms with Gasteiger partial charge in [-0.1, -0.05) is 31.4 Å². The minimum atomic E-state index is -3.84. The first-order valence-corrected chi connectivity index (χ1v) is 11.9. The van der Waals surface area contributed by atoms with Crippen molar-refractivity contribution in [1.82, 2.24) is 9.78 Å². The molecule has 2 heterocycles. The predicted molar refractivity (Wildman–Crippen MR) is 131 cm³/mol. The fourth-order valence-electron chi connectivity index (χ4n) is 3.33. The minimum Gasteiger partial charge on any atom is -0.458 e. The zero-order valence-electron chi connectivity index (χ0n) is 18.4. The molecule has 0 aliphatic heterocycles. The molecule has 0 saturated heterocycles. The summed E-state index contributed by atoms with van der Waals surface area (Å²) in [6, 6.07) is 15.7. The molecule has 0 saturated carbocycles. The van der Waals surface area contributed by atoms with Crippen LogP contribution in [0.25, 0.3) is 29.7 Å². The average molecular weight is 492 g/mol. The minimum absolute atomic E-state index is 0.0627. The van der Waals surface area contributed by atoms with Gasteiger partial charge in [0.15, 0.2) is 0 Å². The number of aromatic nitrogens is 2. The van der Waals surface area contributed by atoms with Crippen LogP contribution in [0.1, 0.15) is 16.1 Å². The molecule has 3 N–H and O–H groups in total. The monoisotopic (exact) mass is 491 g/mol. The summed E-state index contributed by atoms with van der Waals surface area (Å²) in [5.41, 5.74) is 1.17. The van der Waals surface area contributed by atoms with Gasteiger partial charge < -0.3 is 9.15 Å². The number of nitrogens with two attached hydrogens (primary N) is 1. The van der Waals surface area contributed by atoms with Crippen molar-refractivity contribution in [3.05, 3.63) is 106 Å². The third-order valence-electron chi connectivity index (χ3n) is 5.08. The van der Waals surface area contributed by atoms with Crippen molar-refractivity contribution >= 4 is 28.6 Å². The number of nitrogens with zero attached hydrogens (tertiary/aromatic N) is 1. The SMILES string of the molecule is C=CCOC(=O)c1ccc(-c2ccc(/C=c3/c(=C)[nH]n(-c4ccc(S(N)(=O)=O)cc4)c3=O)o2)cc1. The van der Waals surface area contributed by atoms with Gasteiger partial charge in [-0.15, -0.1) is 0 Å². The number of primary sulfonamides is 1. The number of benzene rings is 2. The number of hydrogen-bond acceptors (Lipinski definition) is 6. The molecule has 0 bridgehead atoms. The number of esters is 1. The molecule has 2 aromatic heterocycles. The molecule has 178 valence electrons. The number of carbonyl (C=O) groups excluding carboxylic acids is 1. The maximum atomic E-state index is 13.0. The van der Waals surface area contributed by atoms with Crippen molar-refractivity contribution in [2.24, 2.45) is 5.14 Å². The molecule has 2 aromatic carbocycles. The third-order valence-corrected chi connectivity index (χ3v) is 6.01. The van der Waals surface area contributed by atoms with Gasteiger partial charge in [0.25, 0.3) is 5.56 Å². The van der Waals surface area contributed by atoms with Crippen LogP contribution in [0.15, 0.2) is 87.4 Å². The number of hydrogen-bond donors (Lipinski definition) is 2. The lowest BCUT2D eigenvalue weighted by atomic mass is 10.1. The second kappa shape index (κ2) is 9.45. The number of carbonyl (C=O) groups is 1. The van der Waals surface area contributed by atoms with Gasteiger partial charge in [-0.05, 0) is 54.6 Å². The lowest BCUT2D eigenvalue weighted by molar-refractivity contribution is 0.0549. The first-order chi connectivity index (χ1) is 16.7. The van der Waals surface area contributed by atoms with Crippen molar-refractivity contribution in [3.63, 3.8) is 0 Å². The van der Waals surface area contributed by atoms with Crippen LogP contribution in [-0.2, 0) is 14.8 Å². The quantitative estimate of drug-likeness (QED) is 0.298. The Balaban J connectivity index is 1.61. The summed E-state index contributed by atoms with van der Waals surface area (Å²) >= 11 is 0. The van der Waals surface area contributed by atoms with Crippen LogP contribution in [0.5, 0.6) is 0 Å². The lowest BCUT2D eigenvalue weighted by Gasteiger charge is -2.02. The Morgan fingerprint density at radius 3 is 2.40 bits per heavy atom. The van der Waals surface area contributed by atoms with E-state index in [1.54, 1.807) is 42.5 Å². The molecule has 0 unspecified atom stereocenters. The van der Waals surface area contributed by atoms with Crippen LogP contribution in [0.3, 0.4) is 0 Å². The highest BCUT2D eigenvalue weighted by molar-refractivity contribution is 7.89. The Morgan fingerprint density at radius 1 is 1.09 bits per heavy atom. The number of aromatic amines is 1. The van der Waals surface area contributed by atoms with Crippen LogP contribution in [0.2, 0.25) is 0 Å². The molecule has 9 nitrogen and oxygen atoms in total. The maximum Gasteiger partial charge on any atom is 0.338 e. The molecule has 4 aromatic rings. The molecule has 10 heteroatoms. The number of rotatable bonds is 7. The average Bonchev–Trinajstić information content (AvgIpc) is 3.42. The summed E-state index contributed by atoms with van der Waals surface area (Å²) in [6.07, 6.45) is 3.05. The van der Waals surface area contributed by atoms with E-state index in [1.165, 1.54) is 35.0 Å². The topological polar surface area (TPSA) is 137 Å². The Bertz CT molecular complexity index is 1680. The molecule has 0 atom stereocenters. The van der Waals surface area contributed by atoms with Gasteiger partial charge in [-0.2, -0.15) is 0 Å². The highest BCUT2D eigenvalue weighted by Gasteiger charge is 2.11. The van der Waals surface area contributed by atoms with Crippen LogP contribution < -0.4 is 21.3 Å². The highest BCUT2D eigenvalue weighted by atomic mass is 32.2. The summed E-state index contributed by atoms with van der Waals surface area (Å²) < 4.78 is 35.0. The van der Waals surface area contributed by atoms with E-state index in [0.29, 0.717) is 28.1 Å². The van der Waals surface area contributed by atoms with E-state index < -0.39 is 21.6 Å². The molecule has 0 amide bonds. The number of sulfonamides is 1. The van der Waals surface area contributed by atoms with Crippen molar-refractivity contribution in [3.8, 4) is 17.0 Å². The molecule has 0 aliphatic rings. The maximum absolute atomic E-state index is 13.0. The molecule has 0 aliphatic carbocycles. The summed E-state index contributed by atoms with van der Waals surface area (Å²) in [4.78, 5) is 24.8.